The van der Waals surface area contributed by atoms with Crippen LogP contribution in [0.25, 0.3) is 0 Å². The van der Waals surface area contributed by atoms with E-state index < -0.39 is 0 Å². The number of hydrogen-bond donors (Lipinski definition) is 1. The van der Waals surface area contributed by atoms with Gasteiger partial charge in [0.2, 0.25) is 0 Å². The minimum atomic E-state index is -0.0843. The maximum atomic E-state index is 12.1. The molecule has 0 radical (unpaired) electrons. The van der Waals surface area contributed by atoms with Crippen molar-refractivity contribution >= 4 is 21.8 Å². The quantitative estimate of drug-likeness (QED) is 0.737. The third-order valence-corrected chi connectivity index (χ3v) is 3.75. The normalized spacial score (nSPS) is 11.8. The van der Waals surface area contributed by atoms with Gasteiger partial charge in [-0.3, -0.25) is 4.79 Å². The maximum Gasteiger partial charge on any atom is 0.251 e. The van der Waals surface area contributed by atoms with Crippen LogP contribution in [-0.2, 0) is 0 Å². The average molecular weight is 344 g/mol. The Morgan fingerprint density at radius 2 is 2.00 bits per heavy atom. The fourth-order valence-electron chi connectivity index (χ4n) is 1.92. The van der Waals surface area contributed by atoms with Crippen LogP contribution in [0.15, 0.2) is 18.2 Å². The molecule has 0 aromatic heterocycles. The van der Waals surface area contributed by atoms with Gasteiger partial charge in [-0.1, -0.05) is 29.3 Å². The van der Waals surface area contributed by atoms with Crippen LogP contribution in [0.3, 0.4) is 0 Å². The van der Waals surface area contributed by atoms with Crippen LogP contribution in [0.4, 0.5) is 0 Å². The zero-order valence-electron chi connectivity index (χ0n) is 12.2. The standard InChI is InChI=1S/C15H22BrNO3/c1-4-11(7-8-16)10-17-15(18)12-5-6-13(19-2)14(9-12)20-3/h5-6,9,11H,4,7-8,10H2,1-3H3,(H,17,18). The number of nitrogens with one attached hydrogen (secondary N) is 1. The maximum absolute atomic E-state index is 12.1. The molecule has 1 aromatic carbocycles. The number of ether oxygens (including phenoxy) is 2. The van der Waals surface area contributed by atoms with Crippen molar-refractivity contribution in [1.82, 2.24) is 5.32 Å². The second-order valence-corrected chi connectivity index (χ2v) is 5.32. The number of hydrogen-bond acceptors (Lipinski definition) is 3. The lowest BCUT2D eigenvalue weighted by atomic mass is 10.0. The molecule has 4 nitrogen and oxygen atoms in total. The van der Waals surface area contributed by atoms with Crippen LogP contribution in [-0.4, -0.2) is 32.0 Å². The van der Waals surface area contributed by atoms with Gasteiger partial charge in [0.25, 0.3) is 5.91 Å². The van der Waals surface area contributed by atoms with E-state index in [-0.39, 0.29) is 5.91 Å². The Bertz CT molecular complexity index is 437. The van der Waals surface area contributed by atoms with Crippen molar-refractivity contribution in [3.05, 3.63) is 23.8 Å². The molecule has 1 rings (SSSR count). The number of halogens is 1. The lowest BCUT2D eigenvalue weighted by Crippen LogP contribution is -2.29. The SMILES string of the molecule is CCC(CCBr)CNC(=O)c1ccc(OC)c(OC)c1. The van der Waals surface area contributed by atoms with E-state index in [4.69, 9.17) is 9.47 Å². The topological polar surface area (TPSA) is 47.6 Å². The second kappa shape index (κ2) is 8.84. The number of carbonyl (C=O) groups excluding carboxylic acids is 1. The van der Waals surface area contributed by atoms with Gasteiger partial charge in [0.1, 0.15) is 0 Å². The molecule has 1 atom stereocenters. The van der Waals surface area contributed by atoms with E-state index in [1.54, 1.807) is 32.4 Å². The molecule has 20 heavy (non-hydrogen) atoms. The molecule has 0 spiro atoms. The van der Waals surface area contributed by atoms with Crippen molar-refractivity contribution in [2.75, 3.05) is 26.1 Å². The van der Waals surface area contributed by atoms with Crippen molar-refractivity contribution in [3.63, 3.8) is 0 Å². The molecule has 0 bridgehead atoms. The Morgan fingerprint density at radius 3 is 2.55 bits per heavy atom. The van der Waals surface area contributed by atoms with Crippen molar-refractivity contribution in [2.45, 2.75) is 19.8 Å². The molecule has 1 aromatic rings. The van der Waals surface area contributed by atoms with Gasteiger partial charge < -0.3 is 14.8 Å². The monoisotopic (exact) mass is 343 g/mol. The van der Waals surface area contributed by atoms with E-state index in [1.165, 1.54) is 0 Å². The van der Waals surface area contributed by atoms with Crippen LogP contribution >= 0.6 is 15.9 Å². The molecule has 0 fully saturated rings. The summed E-state index contributed by atoms with van der Waals surface area (Å²) in [6.45, 7) is 2.82. The molecular weight excluding hydrogens is 322 g/mol. The van der Waals surface area contributed by atoms with Crippen LogP contribution < -0.4 is 14.8 Å². The molecule has 0 aliphatic rings. The van der Waals surface area contributed by atoms with Gasteiger partial charge in [-0.25, -0.2) is 0 Å². The molecule has 1 unspecified atom stereocenters. The number of amides is 1. The second-order valence-electron chi connectivity index (χ2n) is 4.53. The fourth-order valence-corrected chi connectivity index (χ4v) is 2.57. The molecule has 0 aliphatic heterocycles. The van der Waals surface area contributed by atoms with Crippen molar-refractivity contribution < 1.29 is 14.3 Å². The van der Waals surface area contributed by atoms with E-state index in [0.29, 0.717) is 29.5 Å². The van der Waals surface area contributed by atoms with E-state index in [2.05, 4.69) is 28.2 Å². The first kappa shape index (κ1) is 16.8. The highest BCUT2D eigenvalue weighted by Gasteiger charge is 2.12. The largest absolute Gasteiger partial charge is 0.493 e. The lowest BCUT2D eigenvalue weighted by molar-refractivity contribution is 0.0946. The average Bonchev–Trinajstić information content (AvgIpc) is 2.50. The van der Waals surface area contributed by atoms with Gasteiger partial charge in [0, 0.05) is 17.4 Å². The van der Waals surface area contributed by atoms with Crippen LogP contribution in [0, 0.1) is 5.92 Å². The number of carbonyl (C=O) groups is 1. The predicted octanol–water partition coefficient (Wildman–Crippen LogP) is 3.24. The molecule has 1 amide bonds. The van der Waals surface area contributed by atoms with E-state index in [1.807, 2.05) is 0 Å². The summed E-state index contributed by atoms with van der Waals surface area (Å²) in [4.78, 5) is 12.1. The summed E-state index contributed by atoms with van der Waals surface area (Å²) >= 11 is 3.43. The molecule has 1 N–H and O–H groups in total. The predicted molar refractivity (Wildman–Crippen MR) is 84.1 cm³/mol. The molecule has 0 saturated carbocycles. The molecule has 5 heteroatoms. The van der Waals surface area contributed by atoms with Gasteiger partial charge in [0.15, 0.2) is 11.5 Å². The lowest BCUT2D eigenvalue weighted by Gasteiger charge is -2.15. The van der Waals surface area contributed by atoms with Crippen LogP contribution in [0.2, 0.25) is 0 Å². The number of alkyl halides is 1. The highest BCUT2D eigenvalue weighted by atomic mass is 79.9. The highest BCUT2D eigenvalue weighted by Crippen LogP contribution is 2.27. The van der Waals surface area contributed by atoms with Crippen molar-refractivity contribution in [1.29, 1.82) is 0 Å². The summed E-state index contributed by atoms with van der Waals surface area (Å²) in [7, 11) is 3.13. The number of benzene rings is 1. The minimum absolute atomic E-state index is 0.0843. The summed E-state index contributed by atoms with van der Waals surface area (Å²) < 4.78 is 10.4. The Balaban J connectivity index is 2.67. The molecule has 0 saturated heterocycles. The van der Waals surface area contributed by atoms with E-state index in [0.717, 1.165) is 18.2 Å². The summed E-state index contributed by atoms with van der Waals surface area (Å²) in [6.07, 6.45) is 2.11. The van der Waals surface area contributed by atoms with Gasteiger partial charge in [-0.2, -0.15) is 0 Å². The van der Waals surface area contributed by atoms with E-state index >= 15 is 0 Å². The van der Waals surface area contributed by atoms with Gasteiger partial charge >= 0.3 is 0 Å². The van der Waals surface area contributed by atoms with Crippen LogP contribution in [0.5, 0.6) is 11.5 Å². The summed E-state index contributed by atoms with van der Waals surface area (Å²) in [5.41, 5.74) is 0.580. The smallest absolute Gasteiger partial charge is 0.251 e. The fraction of sp³-hybridized carbons (Fsp3) is 0.533. The van der Waals surface area contributed by atoms with Crippen molar-refractivity contribution in [2.24, 2.45) is 5.92 Å². The highest BCUT2D eigenvalue weighted by molar-refractivity contribution is 9.09. The molecule has 0 aliphatic carbocycles. The van der Waals surface area contributed by atoms with Gasteiger partial charge in [-0.15, -0.1) is 0 Å². The number of rotatable bonds is 8. The first-order valence-electron chi connectivity index (χ1n) is 6.72. The zero-order chi connectivity index (χ0) is 15.0. The Morgan fingerprint density at radius 1 is 1.30 bits per heavy atom. The molecular formula is C15H22BrNO3. The third kappa shape index (κ3) is 4.71. The molecule has 0 heterocycles. The van der Waals surface area contributed by atoms with Crippen molar-refractivity contribution in [3.8, 4) is 11.5 Å². The van der Waals surface area contributed by atoms with Crippen LogP contribution in [0.1, 0.15) is 30.1 Å². The van der Waals surface area contributed by atoms with E-state index in [9.17, 15) is 4.79 Å². The minimum Gasteiger partial charge on any atom is -0.493 e. The first-order chi connectivity index (χ1) is 9.65. The van der Waals surface area contributed by atoms with Gasteiger partial charge in [-0.05, 0) is 30.5 Å². The Labute approximate surface area is 129 Å². The summed E-state index contributed by atoms with van der Waals surface area (Å²) in [5.74, 6) is 1.60. The Hall–Kier alpha value is -1.23. The number of methoxy groups -OCH3 is 2. The molecule has 112 valence electrons. The summed E-state index contributed by atoms with van der Waals surface area (Å²) in [5, 5.41) is 3.92. The zero-order valence-corrected chi connectivity index (χ0v) is 13.8. The third-order valence-electron chi connectivity index (χ3n) is 3.29. The first-order valence-corrected chi connectivity index (χ1v) is 7.84. The summed E-state index contributed by atoms with van der Waals surface area (Å²) in [6, 6.07) is 5.17. The van der Waals surface area contributed by atoms with Gasteiger partial charge in [0.05, 0.1) is 14.2 Å². The Kier molecular flexibility index (Phi) is 7.44.